The highest BCUT2D eigenvalue weighted by Crippen LogP contribution is 2.26. The van der Waals surface area contributed by atoms with Gasteiger partial charge in [0, 0.05) is 22.3 Å². The molecule has 3 atom stereocenters. The predicted octanol–water partition coefficient (Wildman–Crippen LogP) is 3.79. The van der Waals surface area contributed by atoms with Crippen LogP contribution in [0.4, 0.5) is 0 Å². The van der Waals surface area contributed by atoms with Crippen molar-refractivity contribution in [3.05, 3.63) is 11.8 Å². The maximum Gasteiger partial charge on any atom is 0.0978 e. The lowest BCUT2D eigenvalue weighted by Crippen LogP contribution is -2.23. The molecule has 1 aliphatic heterocycles. The van der Waals surface area contributed by atoms with E-state index in [-0.39, 0.29) is 6.10 Å². The molecular formula is C15H26O2S. The second kappa shape index (κ2) is 7.32. The molecule has 2 fully saturated rings. The lowest BCUT2D eigenvalue weighted by Gasteiger charge is -2.25. The first-order valence-corrected chi connectivity index (χ1v) is 8.93. The molecule has 0 N–H and O–H groups in total. The van der Waals surface area contributed by atoms with Crippen LogP contribution in [0.1, 0.15) is 58.3 Å². The van der Waals surface area contributed by atoms with Gasteiger partial charge in [-0.2, -0.15) is 0 Å². The van der Waals surface area contributed by atoms with Crippen molar-refractivity contribution in [2.24, 2.45) is 5.92 Å². The topological polar surface area (TPSA) is 26.3 Å². The molecule has 0 aromatic heterocycles. The maximum absolute atomic E-state index is 11.6. The molecule has 2 nitrogen and oxygen atoms in total. The molecule has 0 aromatic carbocycles. The van der Waals surface area contributed by atoms with Gasteiger partial charge in [-0.05, 0) is 63.4 Å². The van der Waals surface area contributed by atoms with E-state index in [4.69, 9.17) is 4.74 Å². The average molecular weight is 270 g/mol. The normalized spacial score (nSPS) is 31.5. The fourth-order valence-electron chi connectivity index (χ4n) is 2.93. The highest BCUT2D eigenvalue weighted by atomic mass is 32.2. The minimum Gasteiger partial charge on any atom is -0.498 e. The van der Waals surface area contributed by atoms with Crippen LogP contribution in [0.2, 0.25) is 0 Å². The summed E-state index contributed by atoms with van der Waals surface area (Å²) < 4.78 is 17.6. The van der Waals surface area contributed by atoms with Gasteiger partial charge in [0.1, 0.15) is 0 Å². The summed E-state index contributed by atoms with van der Waals surface area (Å²) >= 11 is 0. The number of ether oxygens (including phenoxy) is 1. The Morgan fingerprint density at radius 1 is 1.17 bits per heavy atom. The van der Waals surface area contributed by atoms with Gasteiger partial charge in [0.25, 0.3) is 0 Å². The molecule has 1 saturated carbocycles. The molecule has 3 heteroatoms. The van der Waals surface area contributed by atoms with Gasteiger partial charge in [-0.3, -0.25) is 4.21 Å². The van der Waals surface area contributed by atoms with Gasteiger partial charge in [0.05, 0.1) is 12.4 Å². The van der Waals surface area contributed by atoms with Gasteiger partial charge in [-0.1, -0.05) is 6.42 Å². The summed E-state index contributed by atoms with van der Waals surface area (Å²) in [7, 11) is -0.583. The highest BCUT2D eigenvalue weighted by Gasteiger charge is 2.21. The van der Waals surface area contributed by atoms with E-state index in [1.807, 2.05) is 6.26 Å². The summed E-state index contributed by atoms with van der Waals surface area (Å²) in [6, 6.07) is 0. The number of hydrogen-bond acceptors (Lipinski definition) is 2. The number of hydrogen-bond donors (Lipinski definition) is 0. The third kappa shape index (κ3) is 4.42. The summed E-state index contributed by atoms with van der Waals surface area (Å²) in [5, 5.41) is 0. The zero-order chi connectivity index (χ0) is 12.8. The maximum atomic E-state index is 11.6. The fourth-order valence-corrected chi connectivity index (χ4v) is 4.23. The van der Waals surface area contributed by atoms with Gasteiger partial charge in [0.15, 0.2) is 0 Å². The van der Waals surface area contributed by atoms with Crippen molar-refractivity contribution in [3.8, 4) is 0 Å². The lowest BCUT2D eigenvalue weighted by atomic mass is 9.94. The van der Waals surface area contributed by atoms with Crippen LogP contribution in [0.3, 0.4) is 0 Å². The first-order valence-electron chi connectivity index (χ1n) is 7.44. The first-order chi connectivity index (χ1) is 8.75. The van der Waals surface area contributed by atoms with Crippen LogP contribution in [0, 0.1) is 5.92 Å². The van der Waals surface area contributed by atoms with Crippen LogP contribution in [-0.4, -0.2) is 21.8 Å². The van der Waals surface area contributed by atoms with Crippen LogP contribution in [-0.2, 0) is 15.5 Å². The Morgan fingerprint density at radius 3 is 2.72 bits per heavy atom. The molecule has 0 aromatic rings. The smallest absolute Gasteiger partial charge is 0.0978 e. The van der Waals surface area contributed by atoms with Gasteiger partial charge in [-0.15, -0.1) is 0 Å². The molecule has 0 radical (unpaired) electrons. The summed E-state index contributed by atoms with van der Waals surface area (Å²) in [5.74, 6) is 2.37. The van der Waals surface area contributed by atoms with Crippen molar-refractivity contribution in [1.29, 1.82) is 0 Å². The first kappa shape index (κ1) is 14.1. The van der Waals surface area contributed by atoms with Crippen LogP contribution < -0.4 is 0 Å². The van der Waals surface area contributed by atoms with Gasteiger partial charge >= 0.3 is 0 Å². The standard InChI is InChI=1S/C15H26O2S/c1-13(17-12-14-6-2-3-7-14)15-8-4-5-10-18(16)11-9-15/h12-13,15H,2-11H2,1H3. The summed E-state index contributed by atoms with van der Waals surface area (Å²) in [6.07, 6.45) is 12.0. The molecule has 1 saturated heterocycles. The molecule has 3 unspecified atom stereocenters. The van der Waals surface area contributed by atoms with E-state index in [1.54, 1.807) is 0 Å². The van der Waals surface area contributed by atoms with Crippen LogP contribution in [0.25, 0.3) is 0 Å². The van der Waals surface area contributed by atoms with Crippen LogP contribution >= 0.6 is 0 Å². The molecule has 2 aliphatic rings. The zero-order valence-electron chi connectivity index (χ0n) is 11.5. The Bertz CT molecular complexity index is 304. The van der Waals surface area contributed by atoms with E-state index < -0.39 is 10.8 Å². The van der Waals surface area contributed by atoms with Gasteiger partial charge in [0.2, 0.25) is 0 Å². The molecule has 0 bridgehead atoms. The lowest BCUT2D eigenvalue weighted by molar-refractivity contribution is 0.0920. The number of allylic oxidation sites excluding steroid dienone is 1. The second-order valence-electron chi connectivity index (χ2n) is 5.72. The van der Waals surface area contributed by atoms with Crippen molar-refractivity contribution in [3.63, 3.8) is 0 Å². The Balaban J connectivity index is 1.80. The summed E-state index contributed by atoms with van der Waals surface area (Å²) in [6.45, 7) is 2.18. The molecule has 1 aliphatic carbocycles. The Morgan fingerprint density at radius 2 is 1.94 bits per heavy atom. The zero-order valence-corrected chi connectivity index (χ0v) is 12.3. The van der Waals surface area contributed by atoms with E-state index >= 15 is 0 Å². The Kier molecular flexibility index (Phi) is 5.74. The van der Waals surface area contributed by atoms with Gasteiger partial charge in [-0.25, -0.2) is 0 Å². The van der Waals surface area contributed by atoms with Crippen molar-refractivity contribution in [2.45, 2.75) is 64.4 Å². The third-order valence-electron chi connectivity index (χ3n) is 4.27. The van der Waals surface area contributed by atoms with Gasteiger partial charge < -0.3 is 4.74 Å². The quantitative estimate of drug-likeness (QED) is 0.729. The molecule has 1 heterocycles. The van der Waals surface area contributed by atoms with Crippen molar-refractivity contribution in [1.82, 2.24) is 0 Å². The number of rotatable bonds is 3. The van der Waals surface area contributed by atoms with Crippen molar-refractivity contribution >= 4 is 10.8 Å². The Labute approximate surface area is 114 Å². The van der Waals surface area contributed by atoms with Crippen LogP contribution in [0.5, 0.6) is 0 Å². The second-order valence-corrected chi connectivity index (χ2v) is 7.41. The molecular weight excluding hydrogens is 244 g/mol. The molecule has 0 spiro atoms. The van der Waals surface area contributed by atoms with E-state index in [9.17, 15) is 4.21 Å². The third-order valence-corrected chi connectivity index (χ3v) is 5.71. The molecule has 0 amide bonds. The SMILES string of the molecule is CC(OC=C1CCCC1)C1CCCCS(=O)CC1. The minimum atomic E-state index is -0.583. The summed E-state index contributed by atoms with van der Waals surface area (Å²) in [5.41, 5.74) is 1.48. The van der Waals surface area contributed by atoms with E-state index in [1.165, 1.54) is 44.1 Å². The largest absolute Gasteiger partial charge is 0.498 e. The van der Waals surface area contributed by atoms with E-state index in [2.05, 4.69) is 6.92 Å². The Hall–Kier alpha value is -0.310. The van der Waals surface area contributed by atoms with Crippen molar-refractivity contribution in [2.75, 3.05) is 11.5 Å². The summed E-state index contributed by atoms with van der Waals surface area (Å²) in [4.78, 5) is 0. The average Bonchev–Trinajstić information content (AvgIpc) is 2.84. The molecule has 104 valence electrons. The monoisotopic (exact) mass is 270 g/mol. The predicted molar refractivity (Wildman–Crippen MR) is 76.9 cm³/mol. The van der Waals surface area contributed by atoms with E-state index in [0.717, 1.165) is 24.3 Å². The fraction of sp³-hybridized carbons (Fsp3) is 0.867. The highest BCUT2D eigenvalue weighted by molar-refractivity contribution is 7.84. The minimum absolute atomic E-state index is 0.285. The van der Waals surface area contributed by atoms with Crippen LogP contribution in [0.15, 0.2) is 11.8 Å². The van der Waals surface area contributed by atoms with E-state index in [0.29, 0.717) is 5.92 Å². The van der Waals surface area contributed by atoms with Crippen molar-refractivity contribution < 1.29 is 8.95 Å². The molecule has 18 heavy (non-hydrogen) atoms. The molecule has 2 rings (SSSR count).